The van der Waals surface area contributed by atoms with E-state index in [0.29, 0.717) is 30.1 Å². The highest BCUT2D eigenvalue weighted by Crippen LogP contribution is 2.26. The highest BCUT2D eigenvalue weighted by molar-refractivity contribution is 7.71. The summed E-state index contributed by atoms with van der Waals surface area (Å²) in [4.78, 5) is 15.3. The van der Waals surface area contributed by atoms with Crippen molar-refractivity contribution in [3.05, 3.63) is 64.9 Å². The molecule has 0 saturated carbocycles. The van der Waals surface area contributed by atoms with E-state index in [4.69, 9.17) is 17.0 Å². The van der Waals surface area contributed by atoms with Gasteiger partial charge in [-0.15, -0.1) is 0 Å². The van der Waals surface area contributed by atoms with Gasteiger partial charge in [-0.2, -0.15) is 5.10 Å². The van der Waals surface area contributed by atoms with Crippen LogP contribution in [0.2, 0.25) is 0 Å². The first-order chi connectivity index (χ1) is 16.5. The molecule has 1 unspecified atom stereocenters. The van der Waals surface area contributed by atoms with Crippen LogP contribution in [-0.2, 0) is 11.3 Å². The fourth-order valence-electron chi connectivity index (χ4n) is 4.47. The molecular weight excluding hydrogens is 446 g/mol. The molecule has 0 bridgehead atoms. The summed E-state index contributed by atoms with van der Waals surface area (Å²) in [5.41, 5.74) is 2.16. The summed E-state index contributed by atoms with van der Waals surface area (Å²) in [6.07, 6.45) is 2.73. The van der Waals surface area contributed by atoms with Crippen molar-refractivity contribution in [3.63, 3.8) is 0 Å². The van der Waals surface area contributed by atoms with Crippen molar-refractivity contribution < 1.29 is 9.53 Å². The largest absolute Gasteiger partial charge is 0.497 e. The zero-order valence-electron chi connectivity index (χ0n) is 19.9. The van der Waals surface area contributed by atoms with Gasteiger partial charge >= 0.3 is 0 Å². The second-order valence-corrected chi connectivity index (χ2v) is 9.32. The second kappa shape index (κ2) is 11.4. The summed E-state index contributed by atoms with van der Waals surface area (Å²) in [5, 5.41) is 10.4. The van der Waals surface area contributed by atoms with Crippen LogP contribution < -0.4 is 10.1 Å². The van der Waals surface area contributed by atoms with Crippen LogP contribution in [0.4, 0.5) is 0 Å². The molecule has 1 saturated heterocycles. The van der Waals surface area contributed by atoms with Gasteiger partial charge in [-0.05, 0) is 73.9 Å². The maximum atomic E-state index is 12.8. The van der Waals surface area contributed by atoms with Crippen molar-refractivity contribution >= 4 is 18.1 Å². The Balaban J connectivity index is 1.38. The number of ether oxygens (including phenoxy) is 1. The van der Waals surface area contributed by atoms with Gasteiger partial charge in [0.2, 0.25) is 5.91 Å². The van der Waals surface area contributed by atoms with Crippen LogP contribution in [0.1, 0.15) is 37.8 Å². The first kappa shape index (κ1) is 24.2. The van der Waals surface area contributed by atoms with E-state index < -0.39 is 0 Å². The Morgan fingerprint density at radius 3 is 2.56 bits per heavy atom. The number of rotatable bonds is 9. The maximum Gasteiger partial charge on any atom is 0.221 e. The molecule has 3 aromatic rings. The number of carbonyl (C=O) groups is 1. The monoisotopic (exact) mass is 479 g/mol. The number of aromatic amines is 1. The molecule has 7 nitrogen and oxygen atoms in total. The molecule has 1 aromatic heterocycles. The fraction of sp³-hybridized carbons (Fsp3) is 0.423. The van der Waals surface area contributed by atoms with Gasteiger partial charge in [0.05, 0.1) is 13.2 Å². The van der Waals surface area contributed by atoms with Crippen LogP contribution in [-0.4, -0.2) is 52.3 Å². The number of H-pyrrole nitrogens is 1. The minimum atomic E-state index is 0.00934. The van der Waals surface area contributed by atoms with Crippen molar-refractivity contribution in [2.45, 2.75) is 38.8 Å². The maximum absolute atomic E-state index is 12.8. The van der Waals surface area contributed by atoms with Crippen LogP contribution >= 0.6 is 12.2 Å². The molecule has 2 heterocycles. The Bertz CT molecular complexity index is 1120. The Morgan fingerprint density at radius 2 is 1.88 bits per heavy atom. The molecular formula is C26H33N5O2S. The van der Waals surface area contributed by atoms with Crippen LogP contribution in [0.15, 0.2) is 54.6 Å². The van der Waals surface area contributed by atoms with E-state index in [9.17, 15) is 4.79 Å². The molecule has 2 N–H and O–H groups in total. The van der Waals surface area contributed by atoms with E-state index in [1.807, 2.05) is 34.9 Å². The van der Waals surface area contributed by atoms with E-state index in [0.717, 1.165) is 30.3 Å². The van der Waals surface area contributed by atoms with Gasteiger partial charge in [-0.25, -0.2) is 0 Å². The lowest BCUT2D eigenvalue weighted by molar-refractivity contribution is -0.121. The topological polar surface area (TPSA) is 75.2 Å². The molecule has 4 rings (SSSR count). The number of hydrogen-bond acceptors (Lipinski definition) is 5. The lowest BCUT2D eigenvalue weighted by Crippen LogP contribution is -2.42. The summed E-state index contributed by atoms with van der Waals surface area (Å²) in [6, 6.07) is 18.3. The number of nitrogens with one attached hydrogen (secondary N) is 2. The van der Waals surface area contributed by atoms with Crippen molar-refractivity contribution in [1.29, 1.82) is 0 Å². The first-order valence-electron chi connectivity index (χ1n) is 11.9. The normalized spacial score (nSPS) is 15.7. The molecule has 0 spiro atoms. The molecule has 2 aromatic carbocycles. The third-order valence-electron chi connectivity index (χ3n) is 6.60. The van der Waals surface area contributed by atoms with Crippen LogP contribution in [0.3, 0.4) is 0 Å². The number of methoxy groups -OCH3 is 1. The third kappa shape index (κ3) is 5.93. The number of aromatic nitrogens is 3. The average Bonchev–Trinajstić information content (AvgIpc) is 3.24. The van der Waals surface area contributed by atoms with E-state index >= 15 is 0 Å². The number of nitrogens with zero attached hydrogens (tertiary/aromatic N) is 3. The number of benzene rings is 2. The molecule has 1 aliphatic rings. The minimum absolute atomic E-state index is 0.00934. The Hall–Kier alpha value is -2.97. The van der Waals surface area contributed by atoms with Crippen molar-refractivity contribution in [1.82, 2.24) is 25.0 Å². The van der Waals surface area contributed by atoms with Gasteiger partial charge in [0, 0.05) is 25.1 Å². The number of piperidine rings is 1. The van der Waals surface area contributed by atoms with Gasteiger partial charge in [0.1, 0.15) is 5.75 Å². The average molecular weight is 480 g/mol. The summed E-state index contributed by atoms with van der Waals surface area (Å²) >= 11 is 5.42. The highest BCUT2D eigenvalue weighted by atomic mass is 32.1. The molecule has 180 valence electrons. The van der Waals surface area contributed by atoms with Crippen molar-refractivity contribution in [3.8, 4) is 17.1 Å². The van der Waals surface area contributed by atoms with Gasteiger partial charge < -0.3 is 10.1 Å². The number of carbonyl (C=O) groups excluding carboxylic acids is 1. The lowest BCUT2D eigenvalue weighted by atomic mass is 9.95. The van der Waals surface area contributed by atoms with E-state index in [1.165, 1.54) is 18.4 Å². The molecule has 1 aliphatic heterocycles. The zero-order chi connectivity index (χ0) is 23.9. The zero-order valence-corrected chi connectivity index (χ0v) is 20.7. The molecule has 0 radical (unpaired) electrons. The van der Waals surface area contributed by atoms with Crippen LogP contribution in [0.25, 0.3) is 11.4 Å². The van der Waals surface area contributed by atoms with Crippen LogP contribution in [0.5, 0.6) is 5.75 Å². The van der Waals surface area contributed by atoms with Crippen LogP contribution in [0, 0.1) is 10.7 Å². The SMILES string of the molecule is COc1ccc(-c2n[nH]c(=S)n2CCC(=O)NCC(c2ccccc2)N2CCC(C)CC2)cc1. The predicted molar refractivity (Wildman–Crippen MR) is 136 cm³/mol. The lowest BCUT2D eigenvalue weighted by Gasteiger charge is -2.37. The Labute approximate surface area is 206 Å². The molecule has 1 atom stereocenters. The first-order valence-corrected chi connectivity index (χ1v) is 12.3. The minimum Gasteiger partial charge on any atom is -0.497 e. The van der Waals surface area contributed by atoms with Gasteiger partial charge in [0.25, 0.3) is 0 Å². The number of likely N-dealkylation sites (tertiary alicyclic amines) is 1. The number of amides is 1. The second-order valence-electron chi connectivity index (χ2n) is 8.93. The van der Waals surface area contributed by atoms with E-state index in [2.05, 4.69) is 51.6 Å². The molecule has 1 fully saturated rings. The molecule has 34 heavy (non-hydrogen) atoms. The van der Waals surface area contributed by atoms with Gasteiger partial charge in [-0.1, -0.05) is 37.3 Å². The molecule has 0 aliphatic carbocycles. The third-order valence-corrected chi connectivity index (χ3v) is 6.92. The highest BCUT2D eigenvalue weighted by Gasteiger charge is 2.25. The summed E-state index contributed by atoms with van der Waals surface area (Å²) < 4.78 is 7.61. The number of hydrogen-bond donors (Lipinski definition) is 2. The summed E-state index contributed by atoms with van der Waals surface area (Å²) in [7, 11) is 1.64. The molecule has 1 amide bonds. The van der Waals surface area contributed by atoms with Crippen molar-refractivity contribution in [2.24, 2.45) is 5.92 Å². The Morgan fingerprint density at radius 1 is 1.18 bits per heavy atom. The quantitative estimate of drug-likeness (QED) is 0.439. The predicted octanol–water partition coefficient (Wildman–Crippen LogP) is 4.60. The standard InChI is InChI=1S/C26H33N5O2S/c1-19-12-15-30(16-13-19)23(20-6-4-3-5-7-20)18-27-24(32)14-17-31-25(28-29-26(31)34)21-8-10-22(33-2)11-9-21/h3-11,19,23H,12-18H2,1-2H3,(H,27,32)(H,29,34). The van der Waals surface area contributed by atoms with E-state index in [-0.39, 0.29) is 11.9 Å². The fourth-order valence-corrected chi connectivity index (χ4v) is 4.69. The summed E-state index contributed by atoms with van der Waals surface area (Å²) in [6.45, 7) is 5.49. The Kier molecular flexibility index (Phi) is 8.13. The smallest absolute Gasteiger partial charge is 0.221 e. The van der Waals surface area contributed by atoms with Gasteiger partial charge in [0.15, 0.2) is 10.6 Å². The van der Waals surface area contributed by atoms with E-state index in [1.54, 1.807) is 7.11 Å². The summed E-state index contributed by atoms with van der Waals surface area (Å²) in [5.74, 6) is 2.27. The van der Waals surface area contributed by atoms with Crippen molar-refractivity contribution in [2.75, 3.05) is 26.7 Å². The van der Waals surface area contributed by atoms with Gasteiger partial charge in [-0.3, -0.25) is 19.4 Å². The molecule has 8 heteroatoms.